The molecule has 0 amide bonds. The molecule has 1 rings (SSSR count). The van der Waals surface area contributed by atoms with Crippen LogP contribution in [0.15, 0.2) is 18.3 Å². The average molecular weight is 259 g/mol. The maximum absolute atomic E-state index is 11.4. The summed E-state index contributed by atoms with van der Waals surface area (Å²) in [5, 5.41) is 8.61. The van der Waals surface area contributed by atoms with E-state index in [1.165, 1.54) is 12.1 Å². The van der Waals surface area contributed by atoms with E-state index < -0.39 is 16.2 Å². The smallest absolute Gasteiger partial charge is 0.354 e. The summed E-state index contributed by atoms with van der Waals surface area (Å²) in [5.74, 6) is -1.16. The second-order valence-electron chi connectivity index (χ2n) is 3.24. The Kier molecular flexibility index (Phi) is 4.41. The summed E-state index contributed by atoms with van der Waals surface area (Å²) in [6, 6.07) is 2.56. The molecule has 0 atom stereocenters. The van der Waals surface area contributed by atoms with Crippen LogP contribution in [0.25, 0.3) is 0 Å². The van der Waals surface area contributed by atoms with E-state index in [4.69, 9.17) is 5.11 Å². The van der Waals surface area contributed by atoms with Gasteiger partial charge in [0.25, 0.3) is 10.2 Å². The van der Waals surface area contributed by atoms with Crippen LogP contribution in [0.3, 0.4) is 0 Å². The molecule has 1 heterocycles. The third kappa shape index (κ3) is 4.37. The monoisotopic (exact) mass is 259 g/mol. The maximum Gasteiger partial charge on any atom is 0.354 e. The highest BCUT2D eigenvalue weighted by molar-refractivity contribution is 7.90. The number of pyridine rings is 1. The summed E-state index contributed by atoms with van der Waals surface area (Å²) in [6.07, 6.45) is 1.83. The van der Waals surface area contributed by atoms with E-state index in [1.807, 2.05) is 6.92 Å². The Hall–Kier alpha value is -1.67. The van der Waals surface area contributed by atoms with Crippen LogP contribution in [0, 0.1) is 0 Å². The van der Waals surface area contributed by atoms with Gasteiger partial charge >= 0.3 is 5.97 Å². The fourth-order valence-corrected chi connectivity index (χ4v) is 1.98. The van der Waals surface area contributed by atoms with Crippen molar-refractivity contribution < 1.29 is 18.3 Å². The van der Waals surface area contributed by atoms with Gasteiger partial charge in [-0.05, 0) is 18.6 Å². The Morgan fingerprint density at radius 2 is 2.18 bits per heavy atom. The second-order valence-corrected chi connectivity index (χ2v) is 4.74. The third-order valence-electron chi connectivity index (χ3n) is 1.78. The SMILES string of the molecule is CCCNS(=O)(=O)Nc1ccc(C(=O)O)nc1. The number of aromatic nitrogens is 1. The number of anilines is 1. The second kappa shape index (κ2) is 5.60. The first-order chi connectivity index (χ1) is 7.94. The number of aromatic carboxylic acids is 1. The first kappa shape index (κ1) is 13.4. The number of carboxylic acid groups (broad SMARTS) is 1. The molecule has 1 aromatic heterocycles. The van der Waals surface area contributed by atoms with Crippen molar-refractivity contribution in [1.29, 1.82) is 0 Å². The lowest BCUT2D eigenvalue weighted by Crippen LogP contribution is -2.30. The van der Waals surface area contributed by atoms with E-state index in [-0.39, 0.29) is 11.4 Å². The van der Waals surface area contributed by atoms with Crippen LogP contribution in [-0.2, 0) is 10.2 Å². The normalized spacial score (nSPS) is 11.1. The van der Waals surface area contributed by atoms with E-state index in [0.717, 1.165) is 6.20 Å². The first-order valence-electron chi connectivity index (χ1n) is 4.91. The number of rotatable bonds is 6. The molecule has 3 N–H and O–H groups in total. The summed E-state index contributed by atoms with van der Waals surface area (Å²) in [6.45, 7) is 2.17. The van der Waals surface area contributed by atoms with Gasteiger partial charge in [0, 0.05) is 6.54 Å². The summed E-state index contributed by atoms with van der Waals surface area (Å²) in [7, 11) is -3.62. The van der Waals surface area contributed by atoms with Crippen molar-refractivity contribution in [3.63, 3.8) is 0 Å². The van der Waals surface area contributed by atoms with Crippen LogP contribution in [0.5, 0.6) is 0 Å². The molecule has 0 aliphatic carbocycles. The van der Waals surface area contributed by atoms with E-state index in [0.29, 0.717) is 13.0 Å². The number of hydrogen-bond acceptors (Lipinski definition) is 4. The number of carboxylic acids is 1. The molecule has 0 fully saturated rings. The van der Waals surface area contributed by atoms with E-state index in [1.54, 1.807) is 0 Å². The van der Waals surface area contributed by atoms with Crippen molar-refractivity contribution in [2.24, 2.45) is 0 Å². The molecule has 0 radical (unpaired) electrons. The lowest BCUT2D eigenvalue weighted by molar-refractivity contribution is 0.0690. The molecule has 0 saturated carbocycles. The van der Waals surface area contributed by atoms with Gasteiger partial charge < -0.3 is 5.11 Å². The van der Waals surface area contributed by atoms with E-state index in [9.17, 15) is 13.2 Å². The molecule has 0 aromatic carbocycles. The van der Waals surface area contributed by atoms with Gasteiger partial charge in [-0.3, -0.25) is 4.72 Å². The minimum atomic E-state index is -3.62. The van der Waals surface area contributed by atoms with Gasteiger partial charge in [-0.25, -0.2) is 9.78 Å². The molecule has 17 heavy (non-hydrogen) atoms. The Labute approximate surface area is 99.1 Å². The molecule has 0 aliphatic heterocycles. The lowest BCUT2D eigenvalue weighted by atomic mass is 10.3. The molecular formula is C9H13N3O4S. The van der Waals surface area contributed by atoms with Crippen molar-refractivity contribution in [3.8, 4) is 0 Å². The summed E-state index contributed by atoms with van der Waals surface area (Å²) in [5.41, 5.74) is 0.0630. The molecule has 7 nitrogen and oxygen atoms in total. The highest BCUT2D eigenvalue weighted by atomic mass is 32.2. The van der Waals surface area contributed by atoms with Crippen LogP contribution in [-0.4, -0.2) is 31.0 Å². The Morgan fingerprint density at radius 1 is 1.47 bits per heavy atom. The van der Waals surface area contributed by atoms with Gasteiger partial charge in [-0.15, -0.1) is 0 Å². The van der Waals surface area contributed by atoms with Crippen LogP contribution >= 0.6 is 0 Å². The minimum Gasteiger partial charge on any atom is -0.477 e. The first-order valence-corrected chi connectivity index (χ1v) is 6.39. The largest absolute Gasteiger partial charge is 0.477 e. The maximum atomic E-state index is 11.4. The summed E-state index contributed by atoms with van der Waals surface area (Å²) < 4.78 is 27.4. The molecule has 94 valence electrons. The quantitative estimate of drug-likeness (QED) is 0.686. The zero-order valence-corrected chi connectivity index (χ0v) is 9.99. The lowest BCUT2D eigenvalue weighted by Gasteiger charge is -2.08. The highest BCUT2D eigenvalue weighted by Gasteiger charge is 2.09. The molecule has 0 aliphatic rings. The van der Waals surface area contributed by atoms with Crippen molar-refractivity contribution in [1.82, 2.24) is 9.71 Å². The number of nitrogens with one attached hydrogen (secondary N) is 2. The molecule has 1 aromatic rings. The van der Waals surface area contributed by atoms with Crippen molar-refractivity contribution in [2.75, 3.05) is 11.3 Å². The Morgan fingerprint density at radius 3 is 2.65 bits per heavy atom. The van der Waals surface area contributed by atoms with E-state index in [2.05, 4.69) is 14.4 Å². The van der Waals surface area contributed by atoms with Crippen molar-refractivity contribution in [3.05, 3.63) is 24.0 Å². The van der Waals surface area contributed by atoms with Crippen LogP contribution in [0.1, 0.15) is 23.8 Å². The Bertz CT molecular complexity index is 483. The van der Waals surface area contributed by atoms with Gasteiger partial charge in [0.1, 0.15) is 5.69 Å². The van der Waals surface area contributed by atoms with Gasteiger partial charge in [-0.1, -0.05) is 6.92 Å². The third-order valence-corrected chi connectivity index (χ3v) is 2.87. The van der Waals surface area contributed by atoms with Gasteiger partial charge in [0.15, 0.2) is 0 Å². The molecule has 0 saturated heterocycles. The average Bonchev–Trinajstić information content (AvgIpc) is 2.26. The molecular weight excluding hydrogens is 246 g/mol. The number of nitrogens with zero attached hydrogens (tertiary/aromatic N) is 1. The summed E-state index contributed by atoms with van der Waals surface area (Å²) in [4.78, 5) is 14.1. The fraction of sp³-hybridized carbons (Fsp3) is 0.333. The predicted molar refractivity (Wildman–Crippen MR) is 62.0 cm³/mol. The van der Waals surface area contributed by atoms with Crippen LogP contribution in [0.4, 0.5) is 5.69 Å². The van der Waals surface area contributed by atoms with Crippen LogP contribution < -0.4 is 9.44 Å². The van der Waals surface area contributed by atoms with Crippen molar-refractivity contribution >= 4 is 21.9 Å². The summed E-state index contributed by atoms with van der Waals surface area (Å²) >= 11 is 0. The fourth-order valence-electron chi connectivity index (χ4n) is 1.01. The van der Waals surface area contributed by atoms with Crippen LogP contribution in [0.2, 0.25) is 0 Å². The zero-order chi connectivity index (χ0) is 12.9. The molecule has 0 spiro atoms. The number of hydrogen-bond donors (Lipinski definition) is 3. The minimum absolute atomic E-state index is 0.144. The van der Waals surface area contributed by atoms with Crippen molar-refractivity contribution in [2.45, 2.75) is 13.3 Å². The predicted octanol–water partition coefficient (Wildman–Crippen LogP) is 0.436. The molecule has 0 unspecified atom stereocenters. The molecule has 0 bridgehead atoms. The topological polar surface area (TPSA) is 108 Å². The highest BCUT2D eigenvalue weighted by Crippen LogP contribution is 2.07. The standard InChI is InChI=1S/C9H13N3O4S/c1-2-5-11-17(15,16)12-7-3-4-8(9(13)14)10-6-7/h3-4,6,11-12H,2,5H2,1H3,(H,13,14). The Balaban J connectivity index is 2.72. The van der Waals surface area contributed by atoms with Gasteiger partial charge in [0.2, 0.25) is 0 Å². The molecule has 8 heteroatoms. The number of carbonyl (C=O) groups is 1. The van der Waals surface area contributed by atoms with Gasteiger partial charge in [-0.2, -0.15) is 13.1 Å². The van der Waals surface area contributed by atoms with Gasteiger partial charge in [0.05, 0.1) is 11.9 Å². The zero-order valence-electron chi connectivity index (χ0n) is 9.17. The van der Waals surface area contributed by atoms with E-state index >= 15 is 0 Å².